The number of hydrogen-bond acceptors (Lipinski definition) is 6. The number of nitrogens with zero attached hydrogens (tertiary/aromatic N) is 3. The molecular weight excluding hydrogens is 485 g/mol. The molecule has 6 nitrogen and oxygen atoms in total. The Morgan fingerprint density at radius 1 is 1.03 bits per heavy atom. The Hall–Kier alpha value is -2.79. The van der Waals surface area contributed by atoms with Crippen LogP contribution in [0.2, 0.25) is 10.0 Å². The Morgan fingerprint density at radius 2 is 1.77 bits per heavy atom. The number of hydrogen-bond donors (Lipinski definition) is 2. The molecule has 1 fully saturated rings. The molecule has 0 radical (unpaired) electrons. The van der Waals surface area contributed by atoms with Crippen LogP contribution in [0, 0.1) is 11.3 Å². The zero-order valence-electron chi connectivity index (χ0n) is 19.1. The summed E-state index contributed by atoms with van der Waals surface area (Å²) < 4.78 is 5.50. The lowest BCUT2D eigenvalue weighted by Gasteiger charge is -2.44. The van der Waals surface area contributed by atoms with Crippen molar-refractivity contribution in [3.63, 3.8) is 0 Å². The van der Waals surface area contributed by atoms with Crippen LogP contribution in [-0.4, -0.2) is 54.5 Å². The van der Waals surface area contributed by atoms with Crippen molar-refractivity contribution >= 4 is 28.9 Å². The van der Waals surface area contributed by atoms with Crippen LogP contribution in [0.15, 0.2) is 66.7 Å². The molecule has 0 aromatic heterocycles. The number of rotatable bonds is 8. The predicted molar refractivity (Wildman–Crippen MR) is 138 cm³/mol. The van der Waals surface area contributed by atoms with Crippen molar-refractivity contribution < 1.29 is 14.9 Å². The lowest BCUT2D eigenvalue weighted by Crippen LogP contribution is -2.49. The molecule has 0 bridgehead atoms. The fourth-order valence-electron chi connectivity index (χ4n) is 4.37. The van der Waals surface area contributed by atoms with Crippen molar-refractivity contribution in [1.29, 1.82) is 5.26 Å². The van der Waals surface area contributed by atoms with E-state index in [2.05, 4.69) is 15.9 Å². The average Bonchev–Trinajstić information content (AvgIpc) is 2.88. The summed E-state index contributed by atoms with van der Waals surface area (Å²) in [7, 11) is 0. The fourth-order valence-corrected chi connectivity index (χ4v) is 4.77. The smallest absolute Gasteiger partial charge is 0.121 e. The van der Waals surface area contributed by atoms with Gasteiger partial charge in [-0.2, -0.15) is 5.26 Å². The summed E-state index contributed by atoms with van der Waals surface area (Å²) in [5.74, 6) is 0.611. The summed E-state index contributed by atoms with van der Waals surface area (Å²) in [5.41, 5.74) is 3.36. The SMILES string of the molecule is N#Cc1ccc([C@H](O)CN2CCN(c3ccc(OCCO)cc3Cl)[C@H](c3ccc(Cl)cc3)C2)cc1. The molecular formula is C27H27Cl2N3O3. The van der Waals surface area contributed by atoms with Crippen LogP contribution in [-0.2, 0) is 0 Å². The van der Waals surface area contributed by atoms with Crippen LogP contribution in [0.25, 0.3) is 0 Å². The van der Waals surface area contributed by atoms with E-state index < -0.39 is 6.10 Å². The van der Waals surface area contributed by atoms with Gasteiger partial charge in [0.25, 0.3) is 0 Å². The number of nitriles is 1. The van der Waals surface area contributed by atoms with Crippen LogP contribution in [0.3, 0.4) is 0 Å². The third-order valence-corrected chi connectivity index (χ3v) is 6.72. The van der Waals surface area contributed by atoms with Crippen molar-refractivity contribution in [2.24, 2.45) is 0 Å². The normalized spacial score (nSPS) is 17.1. The van der Waals surface area contributed by atoms with Gasteiger partial charge in [-0.05, 0) is 47.5 Å². The Balaban J connectivity index is 1.55. The number of benzene rings is 3. The van der Waals surface area contributed by atoms with E-state index >= 15 is 0 Å². The number of aliphatic hydroxyl groups is 2. The van der Waals surface area contributed by atoms with Crippen LogP contribution >= 0.6 is 23.2 Å². The Morgan fingerprint density at radius 3 is 2.43 bits per heavy atom. The molecule has 1 aliphatic heterocycles. The fraction of sp³-hybridized carbons (Fsp3) is 0.296. The van der Waals surface area contributed by atoms with Crippen LogP contribution in [0.5, 0.6) is 5.75 Å². The van der Waals surface area contributed by atoms with E-state index in [1.54, 1.807) is 30.3 Å². The van der Waals surface area contributed by atoms with E-state index in [1.807, 2.05) is 36.4 Å². The lowest BCUT2D eigenvalue weighted by molar-refractivity contribution is 0.100. The van der Waals surface area contributed by atoms with Gasteiger partial charge in [0.2, 0.25) is 0 Å². The average molecular weight is 512 g/mol. The van der Waals surface area contributed by atoms with E-state index in [1.165, 1.54) is 0 Å². The maximum absolute atomic E-state index is 10.8. The first-order valence-electron chi connectivity index (χ1n) is 11.4. The molecule has 1 aliphatic rings. The zero-order chi connectivity index (χ0) is 24.8. The van der Waals surface area contributed by atoms with Crippen molar-refractivity contribution in [2.45, 2.75) is 12.1 Å². The topological polar surface area (TPSA) is 80.0 Å². The van der Waals surface area contributed by atoms with Crippen LogP contribution in [0.4, 0.5) is 5.69 Å². The molecule has 2 atom stereocenters. The number of halogens is 2. The first-order chi connectivity index (χ1) is 17.0. The van der Waals surface area contributed by atoms with Gasteiger partial charge >= 0.3 is 0 Å². The minimum atomic E-state index is -0.660. The molecule has 0 aliphatic carbocycles. The molecule has 1 heterocycles. The number of piperazine rings is 1. The largest absolute Gasteiger partial charge is 0.491 e. The summed E-state index contributed by atoms with van der Waals surface area (Å²) in [5, 5.41) is 30.1. The highest BCUT2D eigenvalue weighted by atomic mass is 35.5. The molecule has 3 aromatic rings. The number of ether oxygens (including phenoxy) is 1. The first-order valence-corrected chi connectivity index (χ1v) is 12.2. The highest BCUT2D eigenvalue weighted by molar-refractivity contribution is 6.33. The number of aliphatic hydroxyl groups excluding tert-OH is 2. The van der Waals surface area contributed by atoms with Gasteiger partial charge in [0.05, 0.1) is 41.1 Å². The Kier molecular flexibility index (Phi) is 8.50. The minimum absolute atomic E-state index is 0.00380. The second kappa shape index (κ2) is 11.8. The standard InChI is InChI=1S/C27H27Cl2N3O3/c28-22-7-5-20(6-8-22)26-17-31(18-27(34)21-3-1-19(16-30)2-4-21)11-12-32(26)25-10-9-23(15-24(25)29)35-14-13-33/h1-10,15,26-27,33-34H,11-14,17-18H2/t26-,27+/m0/s1. The van der Waals surface area contributed by atoms with Crippen molar-refractivity contribution in [1.82, 2.24) is 4.90 Å². The molecule has 182 valence electrons. The van der Waals surface area contributed by atoms with E-state index in [4.69, 9.17) is 38.3 Å². The second-order valence-corrected chi connectivity index (χ2v) is 9.30. The summed E-state index contributed by atoms with van der Waals surface area (Å²) in [4.78, 5) is 4.51. The van der Waals surface area contributed by atoms with E-state index in [0.717, 1.165) is 23.4 Å². The van der Waals surface area contributed by atoms with E-state index in [-0.39, 0.29) is 19.3 Å². The highest BCUT2D eigenvalue weighted by Gasteiger charge is 2.31. The van der Waals surface area contributed by atoms with Crippen LogP contribution in [0.1, 0.15) is 28.8 Å². The van der Waals surface area contributed by atoms with Crippen molar-refractivity contribution in [3.8, 4) is 11.8 Å². The quantitative estimate of drug-likeness (QED) is 0.450. The van der Waals surface area contributed by atoms with Gasteiger partial charge in [-0.25, -0.2) is 0 Å². The zero-order valence-corrected chi connectivity index (χ0v) is 20.7. The van der Waals surface area contributed by atoms with E-state index in [0.29, 0.717) is 41.0 Å². The third-order valence-electron chi connectivity index (χ3n) is 6.16. The summed E-state index contributed by atoms with van der Waals surface area (Å²) in [6.45, 7) is 2.78. The predicted octanol–water partition coefficient (Wildman–Crippen LogP) is 4.83. The van der Waals surface area contributed by atoms with E-state index in [9.17, 15) is 5.11 Å². The van der Waals surface area contributed by atoms with Crippen molar-refractivity contribution in [3.05, 3.63) is 93.5 Å². The molecule has 3 aromatic carbocycles. The monoisotopic (exact) mass is 511 g/mol. The molecule has 0 spiro atoms. The maximum atomic E-state index is 10.8. The molecule has 8 heteroatoms. The van der Waals surface area contributed by atoms with Gasteiger partial charge < -0.3 is 19.8 Å². The molecule has 4 rings (SSSR count). The van der Waals surface area contributed by atoms with Gasteiger partial charge in [0, 0.05) is 37.3 Å². The van der Waals surface area contributed by atoms with Gasteiger partial charge in [0.15, 0.2) is 0 Å². The lowest BCUT2D eigenvalue weighted by atomic mass is 10.00. The number of anilines is 1. The van der Waals surface area contributed by atoms with Gasteiger partial charge in [-0.3, -0.25) is 4.90 Å². The van der Waals surface area contributed by atoms with Gasteiger partial charge in [-0.15, -0.1) is 0 Å². The van der Waals surface area contributed by atoms with Crippen LogP contribution < -0.4 is 9.64 Å². The Bertz CT molecular complexity index is 1170. The summed E-state index contributed by atoms with van der Waals surface area (Å²) in [6, 6.07) is 22.5. The molecule has 0 saturated carbocycles. The van der Waals surface area contributed by atoms with Gasteiger partial charge in [-0.1, -0.05) is 47.5 Å². The maximum Gasteiger partial charge on any atom is 0.121 e. The number of β-amino-alcohol motifs (C(OH)–C–C–N with tert-alkyl or cyclic N) is 1. The highest BCUT2D eigenvalue weighted by Crippen LogP contribution is 2.37. The van der Waals surface area contributed by atoms with Crippen molar-refractivity contribution in [2.75, 3.05) is 44.3 Å². The Labute approximate surface area is 215 Å². The second-order valence-electron chi connectivity index (χ2n) is 8.46. The summed E-state index contributed by atoms with van der Waals surface area (Å²) >= 11 is 12.8. The van der Waals surface area contributed by atoms with Gasteiger partial charge in [0.1, 0.15) is 12.4 Å². The minimum Gasteiger partial charge on any atom is -0.491 e. The molecule has 1 saturated heterocycles. The summed E-state index contributed by atoms with van der Waals surface area (Å²) in [6.07, 6.45) is -0.660. The molecule has 0 amide bonds. The molecule has 35 heavy (non-hydrogen) atoms. The molecule has 0 unspecified atom stereocenters. The first kappa shape index (κ1) is 25.3. The third kappa shape index (κ3) is 6.26. The molecule has 2 N–H and O–H groups in total.